The number of aldehydes is 1. The molecule has 422 valence electrons. The quantitative estimate of drug-likeness (QED) is 0.0287. The van der Waals surface area contributed by atoms with E-state index in [-0.39, 0.29) is 24.3 Å². The lowest BCUT2D eigenvalue weighted by atomic mass is 9.96. The standard InChI is InChI=1S/C21H25N3O4S.C14H17F2N3.C12H25N3O.C5H13N.C2H7N.C2H6/c1-14-19(29-13-23-14)16-8-6-15(7-9-16)12-22-20(27)17-4-2-10-24(17)21(28)18(26)5-3-11-25;1-3-4-9-5-11(10-7-18-19(2)8-10)12(14(15)16)6-13(9)17;1-5-12(6-8-13-3)14-11(2)7-9-15(4)10-16;1-5(2,3)4-6;1-3-2;1-2/h6-9,11,17,23H,2-5,10,12-13H2,1H3,(H,22,27);5-8,14H,3-4,17H2,1-2H3;10,12-14H,2,5-9H2,1,3-4H3;4,6H2,1-3H3;3H,1-2H3;1-2H3. The molecule has 75 heavy (non-hydrogen) atoms. The molecule has 0 spiro atoms. The molecule has 2 aromatic carbocycles. The molecule has 1 saturated heterocycles. The van der Waals surface area contributed by atoms with Crippen molar-refractivity contribution >= 4 is 52.6 Å². The highest BCUT2D eigenvalue weighted by molar-refractivity contribution is 8.08. The van der Waals surface area contributed by atoms with E-state index in [4.69, 9.17) is 11.5 Å². The van der Waals surface area contributed by atoms with Crippen LogP contribution in [-0.4, -0.2) is 122 Å². The number of nitrogens with two attached hydrogens (primary N) is 2. The Balaban J connectivity index is 0.00000104. The maximum absolute atomic E-state index is 13.1. The summed E-state index contributed by atoms with van der Waals surface area (Å²) in [6.07, 6.45) is 8.05. The SMILES string of the molecule is C=C(CCN(C)C=O)NC(CC)CCNC.CC.CC(C)(C)CN.CC1=C(c2ccc(CNC(=O)C3CCCN3C(=O)C(=O)CCC=O)cc2)SCN1.CCCc1cc(-c2cnn(C)c2)c(C(F)F)cc1N.CNC. The van der Waals surface area contributed by atoms with Crippen molar-refractivity contribution in [3.8, 4) is 11.1 Å². The van der Waals surface area contributed by atoms with Crippen LogP contribution in [0.1, 0.15) is 135 Å². The second-order valence-electron chi connectivity index (χ2n) is 19.1. The van der Waals surface area contributed by atoms with Crippen molar-refractivity contribution < 1.29 is 32.8 Å². The predicted molar refractivity (Wildman–Crippen MR) is 307 cm³/mol. The van der Waals surface area contributed by atoms with E-state index >= 15 is 0 Å². The van der Waals surface area contributed by atoms with Crippen LogP contribution in [-0.2, 0) is 44.0 Å². The normalized spacial score (nSPS) is 13.8. The number of amides is 3. The Kier molecular flexibility index (Phi) is 35.9. The Morgan fingerprint density at radius 1 is 1.05 bits per heavy atom. The molecule has 2 aliphatic rings. The number of aromatic nitrogens is 2. The molecule has 0 aliphatic carbocycles. The fraction of sp³-hybridized carbons (Fsp3) is 0.571. The number of Topliss-reactive ketones (excluding diaryl/α,β-unsaturated/α-hetero) is 1. The van der Waals surface area contributed by atoms with Gasteiger partial charge in [-0.15, -0.1) is 11.8 Å². The zero-order valence-electron chi connectivity index (χ0n) is 47.5. The summed E-state index contributed by atoms with van der Waals surface area (Å²) in [6, 6.07) is 11.0. The molecule has 3 aromatic rings. The molecule has 19 heteroatoms. The van der Waals surface area contributed by atoms with Crippen LogP contribution in [0.3, 0.4) is 0 Å². The lowest BCUT2D eigenvalue weighted by Gasteiger charge is -2.23. The minimum Gasteiger partial charge on any atom is -0.398 e. The van der Waals surface area contributed by atoms with Crippen LogP contribution < -0.4 is 38.1 Å². The molecule has 9 N–H and O–H groups in total. The predicted octanol–water partition coefficient (Wildman–Crippen LogP) is 8.19. The number of nitrogens with zero attached hydrogens (tertiary/aromatic N) is 4. The topological polar surface area (TPSA) is 222 Å². The highest BCUT2D eigenvalue weighted by atomic mass is 32.2. The van der Waals surface area contributed by atoms with Gasteiger partial charge in [0.1, 0.15) is 12.3 Å². The minimum absolute atomic E-state index is 0.0241. The fourth-order valence-corrected chi connectivity index (χ4v) is 8.13. The van der Waals surface area contributed by atoms with E-state index < -0.39 is 24.2 Å². The van der Waals surface area contributed by atoms with E-state index in [9.17, 15) is 32.8 Å². The van der Waals surface area contributed by atoms with Gasteiger partial charge in [0.25, 0.3) is 12.3 Å². The van der Waals surface area contributed by atoms with Crippen molar-refractivity contribution in [2.45, 2.75) is 138 Å². The molecule has 16 nitrogen and oxygen atoms in total. The Labute approximate surface area is 452 Å². The summed E-state index contributed by atoms with van der Waals surface area (Å²) in [6.45, 7) is 23.8. The van der Waals surface area contributed by atoms with E-state index in [0.29, 0.717) is 60.5 Å². The summed E-state index contributed by atoms with van der Waals surface area (Å²) < 4.78 is 27.9. The molecular formula is C56H93F2N11O5S. The number of nitrogens with one attached hydrogen (secondary N) is 5. The number of anilines is 1. The number of thioether (sulfide) groups is 1. The van der Waals surface area contributed by atoms with E-state index in [1.54, 1.807) is 53.9 Å². The van der Waals surface area contributed by atoms with Crippen LogP contribution in [0.4, 0.5) is 14.5 Å². The summed E-state index contributed by atoms with van der Waals surface area (Å²) in [7, 11) is 9.25. The third-order valence-electron chi connectivity index (χ3n) is 11.4. The molecule has 3 heterocycles. The molecule has 0 radical (unpaired) electrons. The maximum Gasteiger partial charge on any atom is 0.290 e. The number of rotatable bonds is 22. The number of hydrogen-bond acceptors (Lipinski definition) is 13. The molecule has 2 unspecified atom stereocenters. The number of carbonyl (C=O) groups excluding carboxylic acids is 5. The Morgan fingerprint density at radius 2 is 1.69 bits per heavy atom. The second-order valence-corrected chi connectivity index (χ2v) is 20.0. The van der Waals surface area contributed by atoms with Crippen molar-refractivity contribution in [1.82, 2.24) is 46.2 Å². The van der Waals surface area contributed by atoms with Crippen LogP contribution in [0.15, 0.2) is 66.8 Å². The van der Waals surface area contributed by atoms with Crippen molar-refractivity contribution in [1.29, 1.82) is 0 Å². The number of carbonyl (C=O) groups is 5. The van der Waals surface area contributed by atoms with E-state index in [1.807, 2.05) is 66.2 Å². The number of halogens is 2. The maximum atomic E-state index is 13.1. The Bertz CT molecular complexity index is 2180. The molecule has 2 aliphatic heterocycles. The molecule has 1 aromatic heterocycles. The summed E-state index contributed by atoms with van der Waals surface area (Å²) >= 11 is 1.77. The van der Waals surface area contributed by atoms with Crippen molar-refractivity contribution in [3.63, 3.8) is 0 Å². The number of allylic oxidation sites excluding steroid dienone is 1. The molecule has 5 rings (SSSR count). The van der Waals surface area contributed by atoms with Crippen LogP contribution in [0, 0.1) is 5.41 Å². The van der Waals surface area contributed by atoms with E-state index in [2.05, 4.69) is 72.9 Å². The molecular weight excluding hydrogens is 977 g/mol. The largest absolute Gasteiger partial charge is 0.398 e. The number of aryl methyl sites for hydroxylation is 2. The summed E-state index contributed by atoms with van der Waals surface area (Å²) in [5.74, 6) is -0.651. The minimum atomic E-state index is -2.55. The van der Waals surface area contributed by atoms with Gasteiger partial charge in [0.05, 0.1) is 12.1 Å². The van der Waals surface area contributed by atoms with Crippen molar-refractivity contribution in [2.24, 2.45) is 18.2 Å². The number of hydrogen-bond donors (Lipinski definition) is 7. The van der Waals surface area contributed by atoms with Crippen LogP contribution in [0.5, 0.6) is 0 Å². The first-order valence-electron chi connectivity index (χ1n) is 26.1. The first-order valence-corrected chi connectivity index (χ1v) is 27.1. The molecule has 0 bridgehead atoms. The van der Waals surface area contributed by atoms with Gasteiger partial charge < -0.3 is 52.6 Å². The number of ketones is 1. The van der Waals surface area contributed by atoms with Gasteiger partial charge in [-0.05, 0) is 113 Å². The highest BCUT2D eigenvalue weighted by Crippen LogP contribution is 2.35. The third kappa shape index (κ3) is 27.1. The molecule has 0 saturated carbocycles. The third-order valence-corrected chi connectivity index (χ3v) is 12.5. The smallest absolute Gasteiger partial charge is 0.290 e. The van der Waals surface area contributed by atoms with Gasteiger partial charge in [0.2, 0.25) is 18.1 Å². The highest BCUT2D eigenvalue weighted by Gasteiger charge is 2.36. The number of benzene rings is 2. The first-order chi connectivity index (χ1) is 35.6. The van der Waals surface area contributed by atoms with Crippen LogP contribution >= 0.6 is 11.8 Å². The summed E-state index contributed by atoms with van der Waals surface area (Å²) in [5.41, 5.74) is 18.3. The van der Waals surface area contributed by atoms with Crippen molar-refractivity contribution in [3.05, 3.63) is 89.0 Å². The van der Waals surface area contributed by atoms with Gasteiger partial charge in [0, 0.05) is 98.3 Å². The van der Waals surface area contributed by atoms with Gasteiger partial charge in [-0.3, -0.25) is 23.9 Å². The Hall–Kier alpha value is -5.63. The molecule has 3 amide bonds. The number of alkyl halides is 2. The van der Waals surface area contributed by atoms with Gasteiger partial charge in [0.15, 0.2) is 0 Å². The molecule has 1 fully saturated rings. The molecule has 2 atom stereocenters. The second kappa shape index (κ2) is 38.9. The van der Waals surface area contributed by atoms with Crippen LogP contribution in [0.2, 0.25) is 0 Å². The zero-order valence-corrected chi connectivity index (χ0v) is 48.3. The average molecular weight is 1070 g/mol. The lowest BCUT2D eigenvalue weighted by molar-refractivity contribution is -0.147. The Morgan fingerprint density at radius 3 is 2.19 bits per heavy atom. The number of nitrogen functional groups attached to an aromatic ring is 1. The summed E-state index contributed by atoms with van der Waals surface area (Å²) in [4.78, 5) is 61.8. The van der Waals surface area contributed by atoms with Crippen molar-refractivity contribution in [2.75, 3.05) is 66.0 Å². The lowest BCUT2D eigenvalue weighted by Crippen LogP contribution is -2.47. The first kappa shape index (κ1) is 69.4. The van der Waals surface area contributed by atoms with E-state index in [0.717, 1.165) is 86.4 Å². The summed E-state index contributed by atoms with van der Waals surface area (Å²) in [5, 5.41) is 19.5. The van der Waals surface area contributed by atoms with Gasteiger partial charge in [-0.25, -0.2) is 8.78 Å². The van der Waals surface area contributed by atoms with Gasteiger partial charge >= 0.3 is 0 Å². The zero-order chi connectivity index (χ0) is 57.1. The fourth-order valence-electron chi connectivity index (χ4n) is 7.10. The number of likely N-dealkylation sites (tertiary alicyclic amines) is 1. The average Bonchev–Trinajstić information content (AvgIpc) is 4.18. The van der Waals surface area contributed by atoms with Gasteiger partial charge in [-0.1, -0.05) is 85.7 Å². The monoisotopic (exact) mass is 1070 g/mol. The van der Waals surface area contributed by atoms with E-state index in [1.165, 1.54) is 21.6 Å². The van der Waals surface area contributed by atoms with Crippen LogP contribution in [0.25, 0.3) is 16.0 Å². The van der Waals surface area contributed by atoms with Gasteiger partial charge in [-0.2, -0.15) is 5.10 Å².